The van der Waals surface area contributed by atoms with Crippen molar-refractivity contribution < 1.29 is 22.7 Å². The van der Waals surface area contributed by atoms with Gasteiger partial charge < -0.3 is 5.11 Å². The molecule has 0 amide bonds. The lowest BCUT2D eigenvalue weighted by atomic mass is 10.3. The summed E-state index contributed by atoms with van der Waals surface area (Å²) in [5.41, 5.74) is 0. The maximum atomic E-state index is 13.1. The molecule has 1 N–H and O–H groups in total. The molecule has 0 heterocycles. The number of aliphatic carboxylic acids is 1. The summed E-state index contributed by atoms with van der Waals surface area (Å²) < 4.78 is 36.3. The van der Waals surface area contributed by atoms with Crippen LogP contribution >= 0.6 is 0 Å². The number of carbonyl (C=O) groups is 1. The highest BCUT2D eigenvalue weighted by Crippen LogP contribution is 2.13. The molecule has 1 aromatic carbocycles. The van der Waals surface area contributed by atoms with Gasteiger partial charge in [-0.2, -0.15) is 0 Å². The second-order valence-electron chi connectivity index (χ2n) is 3.29. The maximum absolute atomic E-state index is 13.1. The molecule has 0 aliphatic rings. The number of carboxylic acid groups (broad SMARTS) is 1. The van der Waals surface area contributed by atoms with Crippen molar-refractivity contribution in [2.75, 3.05) is 5.75 Å². The minimum Gasteiger partial charge on any atom is -0.481 e. The Morgan fingerprint density at radius 3 is 2.38 bits per heavy atom. The highest BCUT2D eigenvalue weighted by atomic mass is 32.2. The molecule has 0 aliphatic carbocycles. The SMILES string of the molecule is O=C(O)CC(F)CS(=O)(=O)c1ccccc1. The number of benzene rings is 1. The van der Waals surface area contributed by atoms with Gasteiger partial charge >= 0.3 is 5.97 Å². The van der Waals surface area contributed by atoms with Gasteiger partial charge in [0.05, 0.1) is 17.1 Å². The van der Waals surface area contributed by atoms with Gasteiger partial charge in [-0.3, -0.25) is 4.79 Å². The third kappa shape index (κ3) is 3.62. The number of carboxylic acids is 1. The topological polar surface area (TPSA) is 71.4 Å². The molecule has 88 valence electrons. The zero-order valence-corrected chi connectivity index (χ0v) is 9.15. The molecule has 1 unspecified atom stereocenters. The van der Waals surface area contributed by atoms with E-state index in [0.717, 1.165) is 0 Å². The fourth-order valence-electron chi connectivity index (χ4n) is 1.21. The van der Waals surface area contributed by atoms with Gasteiger partial charge in [0.1, 0.15) is 6.17 Å². The van der Waals surface area contributed by atoms with E-state index in [1.54, 1.807) is 6.07 Å². The molecule has 0 spiro atoms. The third-order valence-corrected chi connectivity index (χ3v) is 3.69. The first-order valence-electron chi connectivity index (χ1n) is 4.55. The van der Waals surface area contributed by atoms with Crippen LogP contribution in [-0.4, -0.2) is 31.4 Å². The average molecular weight is 246 g/mol. The van der Waals surface area contributed by atoms with Crippen LogP contribution < -0.4 is 0 Å². The molecule has 1 aromatic rings. The van der Waals surface area contributed by atoms with Gasteiger partial charge in [-0.1, -0.05) is 18.2 Å². The number of halogens is 1. The van der Waals surface area contributed by atoms with Crippen molar-refractivity contribution >= 4 is 15.8 Å². The molecule has 0 saturated heterocycles. The maximum Gasteiger partial charge on any atom is 0.306 e. The van der Waals surface area contributed by atoms with Gasteiger partial charge in [0, 0.05) is 0 Å². The molecule has 0 bridgehead atoms. The fraction of sp³-hybridized carbons (Fsp3) is 0.300. The van der Waals surface area contributed by atoms with Crippen LogP contribution in [-0.2, 0) is 14.6 Å². The second-order valence-corrected chi connectivity index (χ2v) is 5.32. The van der Waals surface area contributed by atoms with Gasteiger partial charge in [-0.25, -0.2) is 12.8 Å². The van der Waals surface area contributed by atoms with Crippen LogP contribution in [0.25, 0.3) is 0 Å². The van der Waals surface area contributed by atoms with Crippen LogP contribution in [0.15, 0.2) is 35.2 Å². The van der Waals surface area contributed by atoms with Crippen LogP contribution in [0.3, 0.4) is 0 Å². The molecule has 16 heavy (non-hydrogen) atoms. The molecule has 0 aliphatic heterocycles. The highest BCUT2D eigenvalue weighted by Gasteiger charge is 2.22. The van der Waals surface area contributed by atoms with Gasteiger partial charge in [0.25, 0.3) is 0 Å². The number of alkyl halides is 1. The number of hydrogen-bond donors (Lipinski definition) is 1. The first-order chi connectivity index (χ1) is 7.42. The minimum atomic E-state index is -3.74. The van der Waals surface area contributed by atoms with E-state index in [-0.39, 0.29) is 4.90 Å². The van der Waals surface area contributed by atoms with E-state index in [0.29, 0.717) is 0 Å². The normalized spacial score (nSPS) is 13.3. The monoisotopic (exact) mass is 246 g/mol. The Balaban J connectivity index is 2.77. The van der Waals surface area contributed by atoms with E-state index in [9.17, 15) is 17.6 Å². The van der Waals surface area contributed by atoms with Crippen molar-refractivity contribution in [1.29, 1.82) is 0 Å². The first-order valence-corrected chi connectivity index (χ1v) is 6.21. The van der Waals surface area contributed by atoms with Crippen molar-refractivity contribution in [1.82, 2.24) is 0 Å². The minimum absolute atomic E-state index is 0.00281. The number of sulfone groups is 1. The molecule has 1 atom stereocenters. The Labute approximate surface area is 92.6 Å². The van der Waals surface area contributed by atoms with Gasteiger partial charge in [-0.15, -0.1) is 0 Å². The van der Waals surface area contributed by atoms with E-state index >= 15 is 0 Å². The summed E-state index contributed by atoms with van der Waals surface area (Å²) >= 11 is 0. The molecular formula is C10H11FO4S. The predicted octanol–water partition coefficient (Wildman–Crippen LogP) is 1.27. The summed E-state index contributed by atoms with van der Waals surface area (Å²) in [6, 6.07) is 7.39. The standard InChI is InChI=1S/C10H11FO4S/c11-8(6-10(12)13)7-16(14,15)9-4-2-1-3-5-9/h1-5,8H,6-7H2,(H,12,13). The number of hydrogen-bond acceptors (Lipinski definition) is 3. The molecule has 6 heteroatoms. The fourth-order valence-corrected chi connectivity index (χ4v) is 2.57. The Morgan fingerprint density at radius 1 is 1.31 bits per heavy atom. The summed E-state index contributed by atoms with van der Waals surface area (Å²) in [5, 5.41) is 8.32. The zero-order valence-electron chi connectivity index (χ0n) is 8.34. The lowest BCUT2D eigenvalue weighted by Gasteiger charge is -2.06. The van der Waals surface area contributed by atoms with Crippen molar-refractivity contribution in [2.24, 2.45) is 0 Å². The number of rotatable bonds is 5. The van der Waals surface area contributed by atoms with Gasteiger partial charge in [0.2, 0.25) is 0 Å². The highest BCUT2D eigenvalue weighted by molar-refractivity contribution is 7.91. The summed E-state index contributed by atoms with van der Waals surface area (Å²) in [6.45, 7) is 0. The van der Waals surface area contributed by atoms with E-state index in [2.05, 4.69) is 0 Å². The summed E-state index contributed by atoms with van der Waals surface area (Å²) in [5.74, 6) is -2.15. The molecule has 0 radical (unpaired) electrons. The molecule has 0 fully saturated rings. The van der Waals surface area contributed by atoms with Gasteiger partial charge in [-0.05, 0) is 12.1 Å². The van der Waals surface area contributed by atoms with Crippen molar-refractivity contribution in [2.45, 2.75) is 17.5 Å². The van der Waals surface area contributed by atoms with Crippen LogP contribution in [0.1, 0.15) is 6.42 Å². The van der Waals surface area contributed by atoms with Crippen LogP contribution in [0.2, 0.25) is 0 Å². The molecule has 1 rings (SSSR count). The van der Waals surface area contributed by atoms with Gasteiger partial charge in [0.15, 0.2) is 9.84 Å². The molecular weight excluding hydrogens is 235 g/mol. The largest absolute Gasteiger partial charge is 0.481 e. The van der Waals surface area contributed by atoms with Crippen molar-refractivity contribution in [3.63, 3.8) is 0 Å². The summed E-state index contributed by atoms with van der Waals surface area (Å²) in [6.07, 6.45) is -2.69. The Kier molecular flexibility index (Phi) is 4.00. The quantitative estimate of drug-likeness (QED) is 0.849. The first kappa shape index (κ1) is 12.6. The molecule has 4 nitrogen and oxygen atoms in total. The van der Waals surface area contributed by atoms with Crippen molar-refractivity contribution in [3.05, 3.63) is 30.3 Å². The lowest BCUT2D eigenvalue weighted by molar-refractivity contribution is -0.138. The molecule has 0 aromatic heterocycles. The zero-order chi connectivity index (χ0) is 12.2. The lowest BCUT2D eigenvalue weighted by Crippen LogP contribution is -2.20. The van der Waals surface area contributed by atoms with Crippen LogP contribution in [0, 0.1) is 0 Å². The Hall–Kier alpha value is -1.43. The molecule has 0 saturated carbocycles. The Bertz CT molecular complexity index is 455. The average Bonchev–Trinajstić information content (AvgIpc) is 2.16. The van der Waals surface area contributed by atoms with E-state index in [4.69, 9.17) is 5.11 Å². The van der Waals surface area contributed by atoms with Crippen LogP contribution in [0.5, 0.6) is 0 Å². The third-order valence-electron chi connectivity index (χ3n) is 1.90. The van der Waals surface area contributed by atoms with E-state index in [1.807, 2.05) is 0 Å². The summed E-state index contributed by atoms with van der Waals surface area (Å²) in [4.78, 5) is 10.2. The second kappa shape index (κ2) is 5.07. The van der Waals surface area contributed by atoms with Crippen molar-refractivity contribution in [3.8, 4) is 0 Å². The summed E-state index contributed by atoms with van der Waals surface area (Å²) in [7, 11) is -3.74. The predicted molar refractivity (Wildman–Crippen MR) is 55.6 cm³/mol. The Morgan fingerprint density at radius 2 is 1.88 bits per heavy atom. The van der Waals surface area contributed by atoms with E-state index < -0.39 is 34.2 Å². The van der Waals surface area contributed by atoms with Crippen LogP contribution in [0.4, 0.5) is 4.39 Å². The smallest absolute Gasteiger partial charge is 0.306 e. The van der Waals surface area contributed by atoms with E-state index in [1.165, 1.54) is 24.3 Å².